The fourth-order valence-corrected chi connectivity index (χ4v) is 3.46. The molecule has 2 rings (SSSR count). The van der Waals surface area contributed by atoms with E-state index in [0.29, 0.717) is 29.4 Å². The summed E-state index contributed by atoms with van der Waals surface area (Å²) in [5.41, 5.74) is 7.17. The molecule has 0 saturated heterocycles. The van der Waals surface area contributed by atoms with Crippen LogP contribution >= 0.6 is 0 Å². The van der Waals surface area contributed by atoms with Gasteiger partial charge in [-0.15, -0.1) is 0 Å². The number of benzene rings is 1. The van der Waals surface area contributed by atoms with Crippen molar-refractivity contribution in [2.75, 3.05) is 16.6 Å². The van der Waals surface area contributed by atoms with Crippen LogP contribution in [0.25, 0.3) is 0 Å². The van der Waals surface area contributed by atoms with Crippen LogP contribution in [-0.2, 0) is 15.8 Å². The standard InChI is InChI=1S/C13H17N3O3S/c1-3-16(13-6-4-5-11(14)8-13)20(17,18)9-12-7-10(2)19-15-12/h4-8H,3,9,14H2,1-2H3. The Balaban J connectivity index is 2.30. The molecule has 0 aliphatic rings. The predicted molar refractivity (Wildman–Crippen MR) is 77.7 cm³/mol. The summed E-state index contributed by atoms with van der Waals surface area (Å²) in [7, 11) is -3.53. The van der Waals surface area contributed by atoms with Gasteiger partial charge in [-0.2, -0.15) is 0 Å². The zero-order valence-electron chi connectivity index (χ0n) is 11.4. The molecule has 0 aliphatic carbocycles. The zero-order chi connectivity index (χ0) is 14.8. The van der Waals surface area contributed by atoms with Crippen LogP contribution in [0.5, 0.6) is 0 Å². The predicted octanol–water partition coefficient (Wildman–Crippen LogP) is 1.92. The lowest BCUT2D eigenvalue weighted by Crippen LogP contribution is -2.32. The van der Waals surface area contributed by atoms with Gasteiger partial charge in [-0.05, 0) is 32.0 Å². The van der Waals surface area contributed by atoms with Gasteiger partial charge in [0, 0.05) is 18.3 Å². The Morgan fingerprint density at radius 1 is 1.35 bits per heavy atom. The summed E-state index contributed by atoms with van der Waals surface area (Å²) in [5, 5.41) is 3.72. The molecule has 2 N–H and O–H groups in total. The second kappa shape index (κ2) is 5.54. The molecule has 6 nitrogen and oxygen atoms in total. The number of nitrogens with zero attached hydrogens (tertiary/aromatic N) is 2. The second-order valence-electron chi connectivity index (χ2n) is 4.44. The lowest BCUT2D eigenvalue weighted by Gasteiger charge is -2.22. The number of nitrogen functional groups attached to an aromatic ring is 1. The maximum absolute atomic E-state index is 12.5. The normalized spacial score (nSPS) is 11.5. The Labute approximate surface area is 118 Å². The van der Waals surface area contributed by atoms with Crippen molar-refractivity contribution in [3.8, 4) is 0 Å². The van der Waals surface area contributed by atoms with Crippen molar-refractivity contribution in [2.24, 2.45) is 0 Å². The van der Waals surface area contributed by atoms with Crippen LogP contribution in [0.3, 0.4) is 0 Å². The lowest BCUT2D eigenvalue weighted by molar-refractivity contribution is 0.392. The van der Waals surface area contributed by atoms with Gasteiger partial charge in [0.2, 0.25) is 10.0 Å². The van der Waals surface area contributed by atoms with Crippen LogP contribution in [0.1, 0.15) is 18.4 Å². The molecular weight excluding hydrogens is 278 g/mol. The van der Waals surface area contributed by atoms with Crippen molar-refractivity contribution in [3.63, 3.8) is 0 Å². The van der Waals surface area contributed by atoms with Crippen molar-refractivity contribution < 1.29 is 12.9 Å². The molecular formula is C13H17N3O3S. The minimum absolute atomic E-state index is 0.201. The summed E-state index contributed by atoms with van der Waals surface area (Å²) in [5.74, 6) is 0.384. The molecule has 1 aromatic heterocycles. The first-order chi connectivity index (χ1) is 9.42. The van der Waals surface area contributed by atoms with Crippen LogP contribution in [0.15, 0.2) is 34.9 Å². The van der Waals surface area contributed by atoms with Gasteiger partial charge in [-0.1, -0.05) is 11.2 Å². The largest absolute Gasteiger partial charge is 0.399 e. The summed E-state index contributed by atoms with van der Waals surface area (Å²) in [6.45, 7) is 3.82. The molecule has 1 heterocycles. The summed E-state index contributed by atoms with van der Waals surface area (Å²) in [6, 6.07) is 8.40. The fourth-order valence-electron chi connectivity index (χ4n) is 1.97. The highest BCUT2D eigenvalue weighted by molar-refractivity contribution is 7.92. The van der Waals surface area contributed by atoms with Gasteiger partial charge in [0.1, 0.15) is 17.2 Å². The molecule has 0 fully saturated rings. The molecule has 0 aliphatic heterocycles. The topological polar surface area (TPSA) is 89.4 Å². The van der Waals surface area contributed by atoms with Crippen LogP contribution < -0.4 is 10.0 Å². The number of nitrogens with two attached hydrogens (primary N) is 1. The summed E-state index contributed by atoms with van der Waals surface area (Å²) >= 11 is 0. The molecule has 0 atom stereocenters. The number of rotatable bonds is 5. The molecule has 0 spiro atoms. The van der Waals surface area contributed by atoms with E-state index in [4.69, 9.17) is 10.3 Å². The molecule has 1 aromatic carbocycles. The molecule has 20 heavy (non-hydrogen) atoms. The van der Waals surface area contributed by atoms with E-state index in [1.807, 2.05) is 0 Å². The Bertz CT molecular complexity index is 694. The van der Waals surface area contributed by atoms with Gasteiger partial charge in [-0.3, -0.25) is 4.31 Å². The minimum Gasteiger partial charge on any atom is -0.399 e. The fraction of sp³-hybridized carbons (Fsp3) is 0.308. The number of hydrogen-bond donors (Lipinski definition) is 1. The molecule has 0 amide bonds. The summed E-state index contributed by atoms with van der Waals surface area (Å²) < 4.78 is 31.1. The third-order valence-electron chi connectivity index (χ3n) is 2.79. The first kappa shape index (κ1) is 14.4. The number of aromatic nitrogens is 1. The third kappa shape index (κ3) is 3.11. The van der Waals surface area contributed by atoms with Gasteiger partial charge in [0.05, 0.1) is 5.69 Å². The van der Waals surface area contributed by atoms with E-state index >= 15 is 0 Å². The van der Waals surface area contributed by atoms with Crippen molar-refractivity contribution in [2.45, 2.75) is 19.6 Å². The molecule has 0 bridgehead atoms. The summed E-state index contributed by atoms with van der Waals surface area (Å²) in [6.07, 6.45) is 0. The SMILES string of the molecule is CCN(c1cccc(N)c1)S(=O)(=O)Cc1cc(C)on1. The highest BCUT2D eigenvalue weighted by Crippen LogP contribution is 2.22. The second-order valence-corrected chi connectivity index (χ2v) is 6.34. The van der Waals surface area contributed by atoms with E-state index in [1.165, 1.54) is 4.31 Å². The Morgan fingerprint density at radius 2 is 2.10 bits per heavy atom. The molecule has 2 aromatic rings. The van der Waals surface area contributed by atoms with Crippen molar-refractivity contribution >= 4 is 21.4 Å². The number of aryl methyl sites for hydroxylation is 1. The quantitative estimate of drug-likeness (QED) is 0.851. The first-order valence-corrected chi connectivity index (χ1v) is 7.81. The van der Waals surface area contributed by atoms with Gasteiger partial charge >= 0.3 is 0 Å². The molecule has 0 unspecified atom stereocenters. The van der Waals surface area contributed by atoms with E-state index in [2.05, 4.69) is 5.16 Å². The molecule has 108 valence electrons. The van der Waals surface area contributed by atoms with Crippen molar-refractivity contribution in [1.29, 1.82) is 0 Å². The zero-order valence-corrected chi connectivity index (χ0v) is 12.2. The van der Waals surface area contributed by atoms with Gasteiger partial charge in [0.25, 0.3) is 0 Å². The maximum atomic E-state index is 12.5. The number of hydrogen-bond acceptors (Lipinski definition) is 5. The average Bonchev–Trinajstić information content (AvgIpc) is 2.74. The Morgan fingerprint density at radius 3 is 2.65 bits per heavy atom. The Hall–Kier alpha value is -2.02. The van der Waals surface area contributed by atoms with E-state index in [-0.39, 0.29) is 5.75 Å². The molecule has 7 heteroatoms. The molecule has 0 saturated carbocycles. The van der Waals surface area contributed by atoms with Gasteiger partial charge < -0.3 is 10.3 Å². The van der Waals surface area contributed by atoms with E-state index in [9.17, 15) is 8.42 Å². The Kier molecular flexibility index (Phi) is 3.99. The number of sulfonamides is 1. The third-order valence-corrected chi connectivity index (χ3v) is 4.59. The highest BCUT2D eigenvalue weighted by Gasteiger charge is 2.23. The van der Waals surface area contributed by atoms with Crippen LogP contribution in [0.2, 0.25) is 0 Å². The monoisotopic (exact) mass is 295 g/mol. The van der Waals surface area contributed by atoms with E-state index in [0.717, 1.165) is 0 Å². The van der Waals surface area contributed by atoms with Crippen LogP contribution in [0, 0.1) is 6.92 Å². The average molecular weight is 295 g/mol. The van der Waals surface area contributed by atoms with Crippen LogP contribution in [0.4, 0.5) is 11.4 Å². The number of anilines is 2. The molecule has 0 radical (unpaired) electrons. The van der Waals surface area contributed by atoms with Crippen molar-refractivity contribution in [3.05, 3.63) is 41.8 Å². The van der Waals surface area contributed by atoms with E-state index < -0.39 is 10.0 Å². The minimum atomic E-state index is -3.53. The van der Waals surface area contributed by atoms with Crippen molar-refractivity contribution in [1.82, 2.24) is 5.16 Å². The first-order valence-electron chi connectivity index (χ1n) is 6.20. The van der Waals surface area contributed by atoms with Crippen LogP contribution in [-0.4, -0.2) is 20.1 Å². The lowest BCUT2D eigenvalue weighted by atomic mass is 10.3. The van der Waals surface area contributed by atoms with Gasteiger partial charge in [0.15, 0.2) is 0 Å². The van der Waals surface area contributed by atoms with Gasteiger partial charge in [-0.25, -0.2) is 8.42 Å². The maximum Gasteiger partial charge on any atom is 0.241 e. The van der Waals surface area contributed by atoms with E-state index in [1.54, 1.807) is 44.2 Å². The summed E-state index contributed by atoms with van der Waals surface area (Å²) in [4.78, 5) is 0. The highest BCUT2D eigenvalue weighted by atomic mass is 32.2. The smallest absolute Gasteiger partial charge is 0.241 e.